The van der Waals surface area contributed by atoms with Crippen LogP contribution in [0.1, 0.15) is 24.8 Å². The van der Waals surface area contributed by atoms with Crippen LogP contribution in [0.3, 0.4) is 0 Å². The maximum absolute atomic E-state index is 12.4. The van der Waals surface area contributed by atoms with Crippen LogP contribution >= 0.6 is 11.6 Å². The van der Waals surface area contributed by atoms with Gasteiger partial charge in [-0.2, -0.15) is 0 Å². The van der Waals surface area contributed by atoms with Crippen LogP contribution < -0.4 is 0 Å². The summed E-state index contributed by atoms with van der Waals surface area (Å²) in [6.07, 6.45) is 1.07. The molecule has 4 heteroatoms. The topological polar surface area (TPSA) is 29.5 Å². The molecule has 2 aliphatic rings. The van der Waals surface area contributed by atoms with Gasteiger partial charge < -0.3 is 9.64 Å². The van der Waals surface area contributed by atoms with Crippen molar-refractivity contribution in [2.75, 3.05) is 19.7 Å². The van der Waals surface area contributed by atoms with E-state index in [4.69, 9.17) is 16.3 Å². The first-order chi connectivity index (χ1) is 9.16. The summed E-state index contributed by atoms with van der Waals surface area (Å²) in [7, 11) is 0. The zero-order valence-electron chi connectivity index (χ0n) is 11.0. The van der Waals surface area contributed by atoms with Gasteiger partial charge in [-0.25, -0.2) is 0 Å². The zero-order chi connectivity index (χ0) is 13.4. The largest absolute Gasteiger partial charge is 0.375 e. The zero-order valence-corrected chi connectivity index (χ0v) is 11.8. The van der Waals surface area contributed by atoms with Crippen molar-refractivity contribution in [3.8, 4) is 0 Å². The Balaban J connectivity index is 1.66. The minimum atomic E-state index is 0.116. The third-order valence-corrected chi connectivity index (χ3v) is 4.31. The molecule has 1 aromatic rings. The van der Waals surface area contributed by atoms with Crippen molar-refractivity contribution in [3.63, 3.8) is 0 Å². The van der Waals surface area contributed by atoms with Gasteiger partial charge in [0.1, 0.15) is 0 Å². The lowest BCUT2D eigenvalue weighted by atomic mass is 10.1. The lowest BCUT2D eigenvalue weighted by molar-refractivity contribution is -0.139. The van der Waals surface area contributed by atoms with Crippen molar-refractivity contribution in [3.05, 3.63) is 34.9 Å². The van der Waals surface area contributed by atoms with Crippen LogP contribution in [0.15, 0.2) is 24.3 Å². The number of carbonyl (C=O) groups excluding carboxylic acids is 1. The molecule has 3 unspecified atom stereocenters. The van der Waals surface area contributed by atoms with Crippen molar-refractivity contribution < 1.29 is 9.53 Å². The first-order valence-corrected chi connectivity index (χ1v) is 7.19. The molecule has 3 nitrogen and oxygen atoms in total. The maximum Gasteiger partial charge on any atom is 0.226 e. The number of amides is 1. The van der Waals surface area contributed by atoms with E-state index in [0.717, 1.165) is 23.6 Å². The molecule has 0 bridgehead atoms. The molecule has 0 aromatic heterocycles. The summed E-state index contributed by atoms with van der Waals surface area (Å²) in [5, 5.41) is 0.776. The summed E-state index contributed by atoms with van der Waals surface area (Å²) in [4.78, 5) is 14.4. The number of rotatable bonds is 2. The third-order valence-electron chi connectivity index (χ3n) is 3.97. The van der Waals surface area contributed by atoms with Gasteiger partial charge in [-0.1, -0.05) is 29.8 Å². The van der Waals surface area contributed by atoms with Crippen molar-refractivity contribution in [1.82, 2.24) is 4.90 Å². The number of benzene rings is 1. The molecule has 19 heavy (non-hydrogen) atoms. The lowest BCUT2D eigenvalue weighted by Gasteiger charge is -2.31. The van der Waals surface area contributed by atoms with Crippen LogP contribution in [0.2, 0.25) is 5.02 Å². The first-order valence-electron chi connectivity index (χ1n) is 6.81. The summed E-state index contributed by atoms with van der Waals surface area (Å²) in [6.45, 7) is 4.09. The van der Waals surface area contributed by atoms with Gasteiger partial charge in [-0.05, 0) is 30.9 Å². The minimum absolute atomic E-state index is 0.116. The molecule has 1 heterocycles. The second-order valence-corrected chi connectivity index (χ2v) is 5.84. The number of hydrogen-bond donors (Lipinski definition) is 0. The van der Waals surface area contributed by atoms with E-state index >= 15 is 0 Å². The van der Waals surface area contributed by atoms with Crippen molar-refractivity contribution in [2.45, 2.75) is 25.4 Å². The Kier molecular flexibility index (Phi) is 3.50. The molecule has 1 amide bonds. The highest BCUT2D eigenvalue weighted by atomic mass is 35.5. The molecule has 1 saturated carbocycles. The van der Waals surface area contributed by atoms with Crippen LogP contribution in [0.4, 0.5) is 0 Å². The second kappa shape index (κ2) is 5.14. The van der Waals surface area contributed by atoms with Crippen LogP contribution in [0, 0.1) is 5.92 Å². The Labute approximate surface area is 118 Å². The van der Waals surface area contributed by atoms with E-state index in [1.54, 1.807) is 0 Å². The molecule has 1 aromatic carbocycles. The SMILES string of the molecule is CC1CN(C(=O)C2CC2c2ccccc2Cl)CCO1. The van der Waals surface area contributed by atoms with Crippen LogP contribution in [0.5, 0.6) is 0 Å². The van der Waals surface area contributed by atoms with E-state index in [9.17, 15) is 4.79 Å². The number of carbonyl (C=O) groups is 1. The van der Waals surface area contributed by atoms with E-state index in [-0.39, 0.29) is 17.9 Å². The smallest absolute Gasteiger partial charge is 0.226 e. The maximum atomic E-state index is 12.4. The highest BCUT2D eigenvalue weighted by molar-refractivity contribution is 6.31. The highest BCUT2D eigenvalue weighted by Gasteiger charge is 2.46. The van der Waals surface area contributed by atoms with Crippen molar-refractivity contribution in [2.24, 2.45) is 5.92 Å². The van der Waals surface area contributed by atoms with Gasteiger partial charge in [-0.3, -0.25) is 4.79 Å². The molecule has 0 spiro atoms. The number of morpholine rings is 1. The lowest BCUT2D eigenvalue weighted by Crippen LogP contribution is -2.45. The Hall–Kier alpha value is -1.06. The Morgan fingerprint density at radius 1 is 1.42 bits per heavy atom. The van der Waals surface area contributed by atoms with Gasteiger partial charge in [0.2, 0.25) is 5.91 Å². The summed E-state index contributed by atoms with van der Waals surface area (Å²) in [6, 6.07) is 7.84. The Bertz CT molecular complexity index is 491. The number of ether oxygens (including phenoxy) is 1. The van der Waals surface area contributed by atoms with Crippen LogP contribution in [-0.2, 0) is 9.53 Å². The molecule has 0 N–H and O–H groups in total. The fourth-order valence-electron chi connectivity index (χ4n) is 2.84. The average Bonchev–Trinajstić information content (AvgIpc) is 3.18. The summed E-state index contributed by atoms with van der Waals surface area (Å²) in [5.74, 6) is 0.685. The van der Waals surface area contributed by atoms with Crippen molar-refractivity contribution in [1.29, 1.82) is 0 Å². The predicted octanol–water partition coefficient (Wildman–Crippen LogP) is 2.69. The number of nitrogens with zero attached hydrogens (tertiary/aromatic N) is 1. The third kappa shape index (κ3) is 2.63. The molecule has 1 saturated heterocycles. The van der Waals surface area contributed by atoms with E-state index in [1.807, 2.05) is 36.1 Å². The second-order valence-electron chi connectivity index (χ2n) is 5.44. The molecular formula is C15H18ClNO2. The monoisotopic (exact) mass is 279 g/mol. The van der Waals surface area contributed by atoms with E-state index in [2.05, 4.69) is 0 Å². The molecule has 0 radical (unpaired) electrons. The van der Waals surface area contributed by atoms with Gasteiger partial charge >= 0.3 is 0 Å². The van der Waals surface area contributed by atoms with E-state index < -0.39 is 0 Å². The summed E-state index contributed by atoms with van der Waals surface area (Å²) in [5.41, 5.74) is 1.11. The van der Waals surface area contributed by atoms with Crippen molar-refractivity contribution >= 4 is 17.5 Å². The van der Waals surface area contributed by atoms with Crippen LogP contribution in [0.25, 0.3) is 0 Å². The Morgan fingerprint density at radius 2 is 2.21 bits per heavy atom. The van der Waals surface area contributed by atoms with Gasteiger partial charge in [0.25, 0.3) is 0 Å². The predicted molar refractivity (Wildman–Crippen MR) is 74.3 cm³/mol. The molecule has 3 atom stereocenters. The highest BCUT2D eigenvalue weighted by Crippen LogP contribution is 2.50. The van der Waals surface area contributed by atoms with Gasteiger partial charge in [0.05, 0.1) is 12.7 Å². The fourth-order valence-corrected chi connectivity index (χ4v) is 3.12. The standard InChI is InChI=1S/C15H18ClNO2/c1-10-9-17(6-7-19-10)15(18)13-8-12(13)11-4-2-3-5-14(11)16/h2-5,10,12-13H,6-9H2,1H3. The quantitative estimate of drug-likeness (QED) is 0.833. The first kappa shape index (κ1) is 12.9. The Morgan fingerprint density at radius 3 is 2.95 bits per heavy atom. The molecule has 2 fully saturated rings. The molecule has 3 rings (SSSR count). The molecule has 102 valence electrons. The van der Waals surface area contributed by atoms with Gasteiger partial charge in [0.15, 0.2) is 0 Å². The van der Waals surface area contributed by atoms with Crippen LogP contribution in [-0.4, -0.2) is 36.6 Å². The van der Waals surface area contributed by atoms with Gasteiger partial charge in [-0.15, -0.1) is 0 Å². The normalized spacial score (nSPS) is 30.2. The molecular weight excluding hydrogens is 262 g/mol. The number of hydrogen-bond acceptors (Lipinski definition) is 2. The van der Waals surface area contributed by atoms with Gasteiger partial charge in [0, 0.05) is 24.0 Å². The van der Waals surface area contributed by atoms with E-state index in [0.29, 0.717) is 19.1 Å². The summed E-state index contributed by atoms with van der Waals surface area (Å²) < 4.78 is 5.47. The fraction of sp³-hybridized carbons (Fsp3) is 0.533. The molecule has 1 aliphatic carbocycles. The summed E-state index contributed by atoms with van der Waals surface area (Å²) >= 11 is 6.19. The number of halogens is 1. The van der Waals surface area contributed by atoms with E-state index in [1.165, 1.54) is 0 Å². The minimum Gasteiger partial charge on any atom is -0.375 e. The molecule has 1 aliphatic heterocycles. The average molecular weight is 280 g/mol.